The van der Waals surface area contributed by atoms with Crippen LogP contribution in [0, 0.1) is 0 Å². The highest BCUT2D eigenvalue weighted by molar-refractivity contribution is 9.10. The van der Waals surface area contributed by atoms with Crippen LogP contribution in [-0.2, 0) is 10.0 Å². The molecule has 1 aliphatic heterocycles. The molecule has 1 aliphatic rings. The van der Waals surface area contributed by atoms with Gasteiger partial charge in [-0.1, -0.05) is 15.9 Å². The van der Waals surface area contributed by atoms with E-state index in [9.17, 15) is 8.42 Å². The van der Waals surface area contributed by atoms with Gasteiger partial charge in [0.05, 0.1) is 4.90 Å². The number of benzene rings is 1. The van der Waals surface area contributed by atoms with E-state index in [0.717, 1.165) is 17.6 Å². The first-order valence-electron chi connectivity index (χ1n) is 5.87. The predicted molar refractivity (Wildman–Crippen MR) is 75.0 cm³/mol. The first-order valence-corrected chi connectivity index (χ1v) is 8.10. The minimum Gasteiger partial charge on any atom is -0.303 e. The molecule has 0 aliphatic carbocycles. The van der Waals surface area contributed by atoms with Gasteiger partial charge in [-0.25, -0.2) is 8.42 Å². The van der Waals surface area contributed by atoms with E-state index in [4.69, 9.17) is 0 Å². The molecule has 6 heteroatoms. The Labute approximate surface area is 117 Å². The Morgan fingerprint density at radius 1 is 1.22 bits per heavy atom. The molecule has 4 nitrogen and oxygen atoms in total. The van der Waals surface area contributed by atoms with Crippen LogP contribution in [0.3, 0.4) is 0 Å². The molecular weight excluding hydrogens is 316 g/mol. The van der Waals surface area contributed by atoms with Crippen molar-refractivity contribution in [3.63, 3.8) is 0 Å². The molecule has 2 rings (SSSR count). The molecule has 1 saturated heterocycles. The van der Waals surface area contributed by atoms with Crippen molar-refractivity contribution >= 4 is 26.0 Å². The van der Waals surface area contributed by atoms with Gasteiger partial charge in [0.15, 0.2) is 0 Å². The fraction of sp³-hybridized carbons (Fsp3) is 0.500. The van der Waals surface area contributed by atoms with Crippen LogP contribution in [0.15, 0.2) is 33.6 Å². The first-order chi connectivity index (χ1) is 8.41. The van der Waals surface area contributed by atoms with Gasteiger partial charge in [0.1, 0.15) is 0 Å². The second-order valence-corrected chi connectivity index (χ2v) is 7.49. The highest BCUT2D eigenvalue weighted by atomic mass is 79.9. The number of sulfonamides is 1. The van der Waals surface area contributed by atoms with Crippen molar-refractivity contribution in [2.45, 2.75) is 17.9 Å². The van der Waals surface area contributed by atoms with E-state index in [1.807, 2.05) is 14.0 Å². The topological polar surface area (TPSA) is 40.6 Å². The minimum atomic E-state index is -3.37. The lowest BCUT2D eigenvalue weighted by atomic mass is 10.2. The van der Waals surface area contributed by atoms with Gasteiger partial charge in [0.2, 0.25) is 10.0 Å². The second-order valence-electron chi connectivity index (χ2n) is 4.68. The Morgan fingerprint density at radius 3 is 2.39 bits per heavy atom. The van der Waals surface area contributed by atoms with Gasteiger partial charge in [0, 0.05) is 30.1 Å². The fourth-order valence-electron chi connectivity index (χ4n) is 2.22. The molecule has 0 saturated carbocycles. The van der Waals surface area contributed by atoms with E-state index in [1.165, 1.54) is 0 Å². The van der Waals surface area contributed by atoms with Crippen LogP contribution in [0.25, 0.3) is 0 Å². The molecule has 1 atom stereocenters. The lowest BCUT2D eigenvalue weighted by molar-refractivity contribution is 0.170. The van der Waals surface area contributed by atoms with Crippen LogP contribution in [-0.4, -0.2) is 50.3 Å². The maximum atomic E-state index is 12.5. The highest BCUT2D eigenvalue weighted by Crippen LogP contribution is 2.22. The van der Waals surface area contributed by atoms with E-state index < -0.39 is 10.0 Å². The quantitative estimate of drug-likeness (QED) is 0.828. The Balaban J connectivity index is 2.28. The summed E-state index contributed by atoms with van der Waals surface area (Å²) in [5.41, 5.74) is 0. The molecule has 1 unspecified atom stereocenters. The summed E-state index contributed by atoms with van der Waals surface area (Å²) in [5.74, 6) is 0. The average molecular weight is 333 g/mol. The fourth-order valence-corrected chi connectivity index (χ4v) is 4.10. The molecule has 0 amide bonds. The molecule has 1 aromatic carbocycles. The van der Waals surface area contributed by atoms with Gasteiger partial charge in [-0.15, -0.1) is 0 Å². The molecule has 0 radical (unpaired) electrons. The van der Waals surface area contributed by atoms with Gasteiger partial charge in [-0.3, -0.25) is 0 Å². The number of hydrogen-bond acceptors (Lipinski definition) is 3. The number of halogens is 1. The molecule has 1 aromatic rings. The molecule has 0 spiro atoms. The van der Waals surface area contributed by atoms with Crippen LogP contribution in [0.2, 0.25) is 0 Å². The zero-order valence-corrected chi connectivity index (χ0v) is 12.9. The summed E-state index contributed by atoms with van der Waals surface area (Å²) in [4.78, 5) is 2.51. The zero-order chi connectivity index (χ0) is 13.3. The number of hydrogen-bond donors (Lipinski definition) is 0. The van der Waals surface area contributed by atoms with Crippen LogP contribution in [0.5, 0.6) is 0 Å². The molecule has 100 valence electrons. The van der Waals surface area contributed by atoms with Crippen LogP contribution >= 0.6 is 15.9 Å². The maximum absolute atomic E-state index is 12.5. The van der Waals surface area contributed by atoms with Gasteiger partial charge < -0.3 is 4.90 Å². The number of likely N-dealkylation sites (N-methyl/N-ethyl adjacent to an activating group) is 1. The molecule has 1 fully saturated rings. The van der Waals surface area contributed by atoms with E-state index in [2.05, 4.69) is 20.8 Å². The van der Waals surface area contributed by atoms with E-state index in [1.54, 1.807) is 28.6 Å². The zero-order valence-electron chi connectivity index (χ0n) is 10.5. The minimum absolute atomic E-state index is 0.0115. The standard InChI is InChI=1S/C12H17BrN2O2S/c1-10-9-14(2)7-8-15(10)18(16,17)12-5-3-11(13)4-6-12/h3-6,10H,7-9H2,1-2H3. The molecule has 0 N–H and O–H groups in total. The van der Waals surface area contributed by atoms with Crippen molar-refractivity contribution in [3.05, 3.63) is 28.7 Å². The van der Waals surface area contributed by atoms with Crippen LogP contribution in [0.1, 0.15) is 6.92 Å². The Bertz CT molecular complexity index is 515. The second kappa shape index (κ2) is 5.28. The third-order valence-corrected chi connectivity index (χ3v) is 5.75. The lowest BCUT2D eigenvalue weighted by Gasteiger charge is -2.37. The summed E-state index contributed by atoms with van der Waals surface area (Å²) in [7, 11) is -1.35. The highest BCUT2D eigenvalue weighted by Gasteiger charge is 2.32. The van der Waals surface area contributed by atoms with Crippen molar-refractivity contribution in [3.8, 4) is 0 Å². The first kappa shape index (κ1) is 14.0. The number of piperazine rings is 1. The van der Waals surface area contributed by atoms with Crippen molar-refractivity contribution in [1.82, 2.24) is 9.21 Å². The normalized spacial score (nSPS) is 23.2. The Kier molecular flexibility index (Phi) is 4.11. The Morgan fingerprint density at radius 2 is 1.83 bits per heavy atom. The molecule has 0 aromatic heterocycles. The molecule has 18 heavy (non-hydrogen) atoms. The molecule has 1 heterocycles. The monoisotopic (exact) mass is 332 g/mol. The van der Waals surface area contributed by atoms with Crippen molar-refractivity contribution < 1.29 is 8.42 Å². The molecule has 0 bridgehead atoms. The van der Waals surface area contributed by atoms with Crippen molar-refractivity contribution in [1.29, 1.82) is 0 Å². The number of rotatable bonds is 2. The summed E-state index contributed by atoms with van der Waals surface area (Å²) < 4.78 is 27.5. The third kappa shape index (κ3) is 2.77. The Hall–Kier alpha value is -0.430. The maximum Gasteiger partial charge on any atom is 0.243 e. The summed E-state index contributed by atoms with van der Waals surface area (Å²) in [6, 6.07) is 6.81. The van der Waals surface area contributed by atoms with Crippen LogP contribution in [0.4, 0.5) is 0 Å². The number of nitrogens with zero attached hydrogens (tertiary/aromatic N) is 2. The molecular formula is C12H17BrN2O2S. The van der Waals surface area contributed by atoms with Gasteiger partial charge >= 0.3 is 0 Å². The summed E-state index contributed by atoms with van der Waals surface area (Å²) in [6.07, 6.45) is 0. The van der Waals surface area contributed by atoms with Gasteiger partial charge in [0.25, 0.3) is 0 Å². The van der Waals surface area contributed by atoms with E-state index in [0.29, 0.717) is 11.4 Å². The SMILES string of the molecule is CC1CN(C)CCN1S(=O)(=O)c1ccc(Br)cc1. The third-order valence-electron chi connectivity index (χ3n) is 3.19. The largest absolute Gasteiger partial charge is 0.303 e. The van der Waals surface area contributed by atoms with Crippen molar-refractivity contribution in [2.75, 3.05) is 26.7 Å². The van der Waals surface area contributed by atoms with Crippen molar-refractivity contribution in [2.24, 2.45) is 0 Å². The predicted octanol–water partition coefficient (Wildman–Crippen LogP) is 1.77. The van der Waals surface area contributed by atoms with E-state index in [-0.39, 0.29) is 6.04 Å². The summed E-state index contributed by atoms with van der Waals surface area (Å²) in [5, 5.41) is 0. The lowest BCUT2D eigenvalue weighted by Crippen LogP contribution is -2.52. The van der Waals surface area contributed by atoms with Gasteiger partial charge in [-0.05, 0) is 38.2 Å². The van der Waals surface area contributed by atoms with E-state index >= 15 is 0 Å². The summed E-state index contributed by atoms with van der Waals surface area (Å²) >= 11 is 3.31. The smallest absolute Gasteiger partial charge is 0.243 e. The summed E-state index contributed by atoms with van der Waals surface area (Å²) in [6.45, 7) is 4.05. The average Bonchev–Trinajstić information content (AvgIpc) is 2.29. The van der Waals surface area contributed by atoms with Crippen LogP contribution < -0.4 is 0 Å². The van der Waals surface area contributed by atoms with Gasteiger partial charge in [-0.2, -0.15) is 4.31 Å².